The van der Waals surface area contributed by atoms with Crippen molar-refractivity contribution in [1.29, 1.82) is 0 Å². The van der Waals surface area contributed by atoms with Gasteiger partial charge in [-0.15, -0.1) is 0 Å². The molecule has 1 N–H and O–H groups in total. The molecule has 1 amide bonds. The number of carbonyl (C=O) groups is 2. The van der Waals surface area contributed by atoms with E-state index in [1.165, 1.54) is 17.7 Å². The van der Waals surface area contributed by atoms with E-state index < -0.39 is 17.5 Å². The lowest BCUT2D eigenvalue weighted by Gasteiger charge is -2.08. The predicted molar refractivity (Wildman–Crippen MR) is 117 cm³/mol. The van der Waals surface area contributed by atoms with Crippen LogP contribution in [0.15, 0.2) is 57.7 Å². The molecular formula is C24H25NO6. The highest BCUT2D eigenvalue weighted by Gasteiger charge is 2.14. The quantitative estimate of drug-likeness (QED) is 0.319. The number of carbonyl (C=O) groups excluding carboxylic acids is 2. The SMILES string of the molecule is CCCNC(=O)c1cc2ccc(OC(=O)COc3ccc(CCC)cc3)cc2oc1=O. The summed E-state index contributed by atoms with van der Waals surface area (Å²) in [6.07, 6.45) is 2.81. The van der Waals surface area contributed by atoms with Gasteiger partial charge < -0.3 is 19.2 Å². The molecule has 0 saturated carbocycles. The van der Waals surface area contributed by atoms with Gasteiger partial charge in [0, 0.05) is 18.0 Å². The second-order valence-corrected chi connectivity index (χ2v) is 7.06. The molecule has 2 aromatic carbocycles. The monoisotopic (exact) mass is 423 g/mol. The number of aryl methyl sites for hydroxylation is 1. The van der Waals surface area contributed by atoms with Crippen molar-refractivity contribution in [3.05, 3.63) is 70.1 Å². The van der Waals surface area contributed by atoms with Gasteiger partial charge in [0.05, 0.1) is 0 Å². The van der Waals surface area contributed by atoms with Crippen LogP contribution in [0.3, 0.4) is 0 Å². The van der Waals surface area contributed by atoms with Crippen LogP contribution in [0.4, 0.5) is 0 Å². The molecule has 0 unspecified atom stereocenters. The molecule has 1 aromatic heterocycles. The fourth-order valence-corrected chi connectivity index (χ4v) is 2.99. The first kappa shape index (κ1) is 22.1. The Morgan fingerprint density at radius 1 is 0.968 bits per heavy atom. The van der Waals surface area contributed by atoms with Gasteiger partial charge in [-0.3, -0.25) is 4.79 Å². The summed E-state index contributed by atoms with van der Waals surface area (Å²) in [4.78, 5) is 36.3. The van der Waals surface area contributed by atoms with Gasteiger partial charge in [-0.05, 0) is 48.7 Å². The summed E-state index contributed by atoms with van der Waals surface area (Å²) in [5.41, 5.74) is 0.611. The lowest BCUT2D eigenvalue weighted by Crippen LogP contribution is -2.28. The molecule has 3 rings (SSSR count). The summed E-state index contributed by atoms with van der Waals surface area (Å²) in [6, 6.07) is 13.6. The molecule has 0 radical (unpaired) electrons. The molecule has 0 spiro atoms. The van der Waals surface area contributed by atoms with Crippen LogP contribution in [0, 0.1) is 0 Å². The third-order valence-electron chi connectivity index (χ3n) is 4.54. The summed E-state index contributed by atoms with van der Waals surface area (Å²) >= 11 is 0. The van der Waals surface area contributed by atoms with E-state index in [0.717, 1.165) is 19.3 Å². The van der Waals surface area contributed by atoms with Crippen LogP contribution in [0.25, 0.3) is 11.0 Å². The molecule has 0 aliphatic heterocycles. The number of esters is 1. The number of benzene rings is 2. The van der Waals surface area contributed by atoms with E-state index in [1.807, 2.05) is 31.2 Å². The molecule has 0 saturated heterocycles. The number of ether oxygens (including phenoxy) is 2. The van der Waals surface area contributed by atoms with Crippen LogP contribution in [0.2, 0.25) is 0 Å². The van der Waals surface area contributed by atoms with Crippen LogP contribution in [0.1, 0.15) is 42.6 Å². The Labute approximate surface area is 180 Å². The summed E-state index contributed by atoms with van der Waals surface area (Å²) < 4.78 is 16.0. The van der Waals surface area contributed by atoms with Gasteiger partial charge in [0.15, 0.2) is 6.61 Å². The number of hydrogen-bond donors (Lipinski definition) is 1. The van der Waals surface area contributed by atoms with Crippen molar-refractivity contribution >= 4 is 22.8 Å². The van der Waals surface area contributed by atoms with Crippen molar-refractivity contribution in [2.75, 3.05) is 13.2 Å². The molecule has 0 fully saturated rings. The average Bonchev–Trinajstić information content (AvgIpc) is 2.76. The van der Waals surface area contributed by atoms with Gasteiger partial charge in [0.1, 0.15) is 22.6 Å². The molecule has 0 aliphatic rings. The lowest BCUT2D eigenvalue weighted by molar-refractivity contribution is -0.136. The van der Waals surface area contributed by atoms with Crippen molar-refractivity contribution in [3.8, 4) is 11.5 Å². The van der Waals surface area contributed by atoms with Gasteiger partial charge >= 0.3 is 11.6 Å². The summed E-state index contributed by atoms with van der Waals surface area (Å²) in [5, 5.41) is 3.19. The minimum atomic E-state index is -0.751. The Morgan fingerprint density at radius 3 is 2.42 bits per heavy atom. The zero-order valence-corrected chi connectivity index (χ0v) is 17.6. The summed E-state index contributed by atoms with van der Waals surface area (Å²) in [5.74, 6) is -0.274. The largest absolute Gasteiger partial charge is 0.482 e. The molecule has 3 aromatic rings. The Hall–Kier alpha value is -3.61. The number of amides is 1. The van der Waals surface area contributed by atoms with E-state index in [2.05, 4.69) is 12.2 Å². The van der Waals surface area contributed by atoms with E-state index in [9.17, 15) is 14.4 Å². The minimum absolute atomic E-state index is 0.0657. The van der Waals surface area contributed by atoms with Crippen LogP contribution in [-0.4, -0.2) is 25.0 Å². The van der Waals surface area contributed by atoms with Crippen molar-refractivity contribution < 1.29 is 23.5 Å². The number of nitrogens with one attached hydrogen (secondary N) is 1. The fourth-order valence-electron chi connectivity index (χ4n) is 2.99. The van der Waals surface area contributed by atoms with Gasteiger partial charge in [-0.25, -0.2) is 9.59 Å². The molecule has 0 aliphatic carbocycles. The molecule has 0 atom stereocenters. The van der Waals surface area contributed by atoms with Gasteiger partial charge in [-0.2, -0.15) is 0 Å². The number of fused-ring (bicyclic) bond motifs is 1. The lowest BCUT2D eigenvalue weighted by atomic mass is 10.1. The maximum atomic E-state index is 12.1. The van der Waals surface area contributed by atoms with Crippen molar-refractivity contribution in [2.45, 2.75) is 33.1 Å². The Balaban J connectivity index is 1.64. The topological polar surface area (TPSA) is 94.8 Å². The molecule has 162 valence electrons. The van der Waals surface area contributed by atoms with E-state index in [0.29, 0.717) is 17.7 Å². The second-order valence-electron chi connectivity index (χ2n) is 7.06. The van der Waals surface area contributed by atoms with E-state index >= 15 is 0 Å². The number of hydrogen-bond acceptors (Lipinski definition) is 6. The number of rotatable bonds is 9. The van der Waals surface area contributed by atoms with Crippen molar-refractivity contribution in [1.82, 2.24) is 5.32 Å². The zero-order valence-electron chi connectivity index (χ0n) is 17.6. The Bertz CT molecular complexity index is 1120. The summed E-state index contributed by atoms with van der Waals surface area (Å²) in [7, 11) is 0. The predicted octanol–water partition coefficient (Wildman–Crippen LogP) is 3.87. The highest BCUT2D eigenvalue weighted by molar-refractivity contribution is 5.96. The van der Waals surface area contributed by atoms with Crippen molar-refractivity contribution in [3.63, 3.8) is 0 Å². The first-order valence-corrected chi connectivity index (χ1v) is 10.3. The van der Waals surface area contributed by atoms with Gasteiger partial charge in [0.25, 0.3) is 5.91 Å². The van der Waals surface area contributed by atoms with E-state index in [4.69, 9.17) is 13.9 Å². The van der Waals surface area contributed by atoms with Gasteiger partial charge in [-0.1, -0.05) is 32.4 Å². The first-order valence-electron chi connectivity index (χ1n) is 10.3. The maximum absolute atomic E-state index is 12.1. The van der Waals surface area contributed by atoms with E-state index in [-0.39, 0.29) is 23.5 Å². The molecule has 0 bridgehead atoms. The molecule has 31 heavy (non-hydrogen) atoms. The third kappa shape index (κ3) is 5.94. The van der Waals surface area contributed by atoms with Crippen LogP contribution in [0.5, 0.6) is 11.5 Å². The molecule has 7 nitrogen and oxygen atoms in total. The standard InChI is InChI=1S/C24H25NO6/c1-3-5-16-6-9-18(10-7-16)29-15-22(26)30-19-11-8-17-13-20(23(27)25-12-4-2)24(28)31-21(17)14-19/h6-11,13-14H,3-5,12,15H2,1-2H3,(H,25,27). The molecule has 7 heteroatoms. The van der Waals surface area contributed by atoms with Gasteiger partial charge in [0.2, 0.25) is 0 Å². The Kier molecular flexibility index (Phi) is 7.43. The fraction of sp³-hybridized carbons (Fsp3) is 0.292. The second kappa shape index (κ2) is 10.4. The summed E-state index contributed by atoms with van der Waals surface area (Å²) in [6.45, 7) is 4.24. The van der Waals surface area contributed by atoms with Crippen molar-refractivity contribution in [2.24, 2.45) is 0 Å². The third-order valence-corrected chi connectivity index (χ3v) is 4.54. The minimum Gasteiger partial charge on any atom is -0.482 e. The Morgan fingerprint density at radius 2 is 1.71 bits per heavy atom. The van der Waals surface area contributed by atoms with E-state index in [1.54, 1.807) is 12.1 Å². The average molecular weight is 423 g/mol. The smallest absolute Gasteiger partial charge is 0.349 e. The first-order chi connectivity index (χ1) is 15.0. The molecular weight excluding hydrogens is 398 g/mol. The maximum Gasteiger partial charge on any atom is 0.349 e. The zero-order chi connectivity index (χ0) is 22.2. The molecule has 1 heterocycles. The highest BCUT2D eigenvalue weighted by Crippen LogP contribution is 2.21. The highest BCUT2D eigenvalue weighted by atomic mass is 16.6. The van der Waals surface area contributed by atoms with Crippen LogP contribution < -0.4 is 20.4 Å². The van der Waals surface area contributed by atoms with Crippen LogP contribution >= 0.6 is 0 Å². The normalized spacial score (nSPS) is 10.6. The van der Waals surface area contributed by atoms with Crippen LogP contribution in [-0.2, 0) is 11.2 Å².